The summed E-state index contributed by atoms with van der Waals surface area (Å²) in [6, 6.07) is 17.6. The van der Waals surface area contributed by atoms with Crippen molar-refractivity contribution in [2.24, 2.45) is 0 Å². The topological polar surface area (TPSA) is 90.0 Å². The summed E-state index contributed by atoms with van der Waals surface area (Å²) < 4.78 is 26.9. The van der Waals surface area contributed by atoms with Gasteiger partial charge in [0.2, 0.25) is 15.9 Å². The lowest BCUT2D eigenvalue weighted by Gasteiger charge is -2.34. The Morgan fingerprint density at radius 3 is 2.19 bits per heavy atom. The summed E-state index contributed by atoms with van der Waals surface area (Å²) >= 11 is 0. The molecule has 4 rings (SSSR count). The monoisotopic (exact) mass is 456 g/mol. The zero-order chi connectivity index (χ0) is 22.7. The summed E-state index contributed by atoms with van der Waals surface area (Å²) in [4.78, 5) is 29.0. The molecule has 2 aliphatic rings. The van der Waals surface area contributed by atoms with Gasteiger partial charge in [-0.1, -0.05) is 48.5 Å². The molecule has 170 valence electrons. The first-order valence-electron chi connectivity index (χ1n) is 10.8. The van der Waals surface area contributed by atoms with Crippen LogP contribution in [-0.2, 0) is 14.8 Å². The van der Waals surface area contributed by atoms with Gasteiger partial charge in [-0.2, -0.15) is 4.31 Å². The first-order chi connectivity index (χ1) is 15.4. The van der Waals surface area contributed by atoms with Gasteiger partial charge in [-0.05, 0) is 24.6 Å². The summed E-state index contributed by atoms with van der Waals surface area (Å²) in [6.07, 6.45) is 0.269. The van der Waals surface area contributed by atoms with Crippen LogP contribution in [0.5, 0.6) is 0 Å². The predicted molar refractivity (Wildman–Crippen MR) is 120 cm³/mol. The molecule has 2 unspecified atom stereocenters. The third-order valence-corrected chi connectivity index (χ3v) is 8.06. The van der Waals surface area contributed by atoms with Gasteiger partial charge >= 0.3 is 6.03 Å². The van der Waals surface area contributed by atoms with Gasteiger partial charge in [0.05, 0.1) is 17.0 Å². The quantitative estimate of drug-likeness (QED) is 0.746. The molecule has 0 radical (unpaired) electrons. The molecule has 0 aromatic heterocycles. The van der Waals surface area contributed by atoms with Gasteiger partial charge in [0.1, 0.15) is 0 Å². The Balaban J connectivity index is 1.30. The minimum Gasteiger partial charge on any atom is -0.334 e. The molecule has 0 saturated carbocycles. The Bertz CT molecular complexity index is 1050. The van der Waals surface area contributed by atoms with Crippen molar-refractivity contribution in [1.29, 1.82) is 0 Å². The Morgan fingerprint density at radius 1 is 0.969 bits per heavy atom. The molecule has 3 amide bonds. The molecule has 2 aliphatic heterocycles. The van der Waals surface area contributed by atoms with Crippen molar-refractivity contribution in [3.8, 4) is 0 Å². The van der Waals surface area contributed by atoms with Crippen molar-refractivity contribution in [3.05, 3.63) is 66.2 Å². The van der Waals surface area contributed by atoms with E-state index in [-0.39, 0.29) is 48.4 Å². The fraction of sp³-hybridized carbons (Fsp3) is 0.391. The number of amides is 3. The third-order valence-electron chi connectivity index (χ3n) is 6.14. The number of urea groups is 1. The number of likely N-dealkylation sites (tertiary alicyclic amines) is 1. The van der Waals surface area contributed by atoms with Crippen LogP contribution >= 0.6 is 0 Å². The first-order valence-corrected chi connectivity index (χ1v) is 12.3. The Kier molecular flexibility index (Phi) is 6.48. The molecule has 0 spiro atoms. The van der Waals surface area contributed by atoms with Crippen molar-refractivity contribution in [2.75, 3.05) is 32.7 Å². The first kappa shape index (κ1) is 22.3. The maximum Gasteiger partial charge on any atom is 0.317 e. The molecule has 2 atom stereocenters. The van der Waals surface area contributed by atoms with E-state index in [2.05, 4.69) is 5.32 Å². The molecule has 0 bridgehead atoms. The lowest BCUT2D eigenvalue weighted by Crippen LogP contribution is -2.54. The number of rotatable bonds is 5. The molecule has 9 heteroatoms. The zero-order valence-electron chi connectivity index (χ0n) is 18.1. The number of piperazine rings is 1. The molecule has 8 nitrogen and oxygen atoms in total. The van der Waals surface area contributed by atoms with Crippen LogP contribution in [0.1, 0.15) is 24.9 Å². The Labute approximate surface area is 188 Å². The van der Waals surface area contributed by atoms with E-state index < -0.39 is 10.0 Å². The highest BCUT2D eigenvalue weighted by molar-refractivity contribution is 7.89. The molecular weight excluding hydrogens is 428 g/mol. The van der Waals surface area contributed by atoms with Crippen LogP contribution in [0.2, 0.25) is 0 Å². The van der Waals surface area contributed by atoms with Crippen LogP contribution in [-0.4, -0.2) is 73.2 Å². The number of hydrogen-bond acceptors (Lipinski definition) is 4. The fourth-order valence-electron chi connectivity index (χ4n) is 4.25. The van der Waals surface area contributed by atoms with Gasteiger partial charge in [0.15, 0.2) is 0 Å². The summed E-state index contributed by atoms with van der Waals surface area (Å²) in [7, 11) is -3.56. The highest BCUT2D eigenvalue weighted by Gasteiger charge is 2.36. The maximum atomic E-state index is 12.8. The van der Waals surface area contributed by atoms with Crippen LogP contribution in [0, 0.1) is 0 Å². The number of carbonyl (C=O) groups excluding carboxylic acids is 2. The molecule has 2 heterocycles. The van der Waals surface area contributed by atoms with Crippen LogP contribution < -0.4 is 5.32 Å². The smallest absolute Gasteiger partial charge is 0.317 e. The van der Waals surface area contributed by atoms with Crippen LogP contribution in [0.4, 0.5) is 4.79 Å². The third kappa shape index (κ3) is 4.63. The molecule has 2 aromatic rings. The van der Waals surface area contributed by atoms with E-state index in [1.807, 2.05) is 37.3 Å². The van der Waals surface area contributed by atoms with Crippen molar-refractivity contribution >= 4 is 22.0 Å². The minimum atomic E-state index is -3.56. The van der Waals surface area contributed by atoms with Crippen LogP contribution in [0.15, 0.2) is 65.6 Å². The van der Waals surface area contributed by atoms with Gasteiger partial charge in [0.25, 0.3) is 0 Å². The normalized spacial score (nSPS) is 20.9. The molecular formula is C23H28N4O4S. The van der Waals surface area contributed by atoms with Gasteiger partial charge in [0, 0.05) is 39.1 Å². The van der Waals surface area contributed by atoms with E-state index in [0.717, 1.165) is 5.56 Å². The minimum absolute atomic E-state index is 0.0189. The summed E-state index contributed by atoms with van der Waals surface area (Å²) in [5, 5.41) is 2.96. The zero-order valence-corrected chi connectivity index (χ0v) is 18.9. The summed E-state index contributed by atoms with van der Waals surface area (Å²) in [5.74, 6) is 0.0189. The van der Waals surface area contributed by atoms with Gasteiger partial charge in [-0.3, -0.25) is 4.79 Å². The molecule has 0 aliphatic carbocycles. The highest BCUT2D eigenvalue weighted by atomic mass is 32.2. The number of hydrogen-bond donors (Lipinski definition) is 1. The summed E-state index contributed by atoms with van der Waals surface area (Å²) in [5.41, 5.74) is 1.06. The second-order valence-electron chi connectivity index (χ2n) is 8.19. The second kappa shape index (κ2) is 9.30. The van der Waals surface area contributed by atoms with E-state index in [1.54, 1.807) is 40.1 Å². The average molecular weight is 457 g/mol. The number of carbonyl (C=O) groups is 2. The Hall–Kier alpha value is -2.91. The summed E-state index contributed by atoms with van der Waals surface area (Å²) in [6.45, 7) is 3.55. The van der Waals surface area contributed by atoms with Crippen molar-refractivity contribution < 1.29 is 18.0 Å². The standard InChI is InChI=1S/C23H28N4O4S/c1-18(19-8-4-2-5-9-19)27-17-20(16-22(27)28)24-23(29)25-12-14-26(15-13-25)32(30,31)21-10-6-3-7-11-21/h2-11,18,20H,12-17H2,1H3,(H,24,29). The number of nitrogens with zero attached hydrogens (tertiary/aromatic N) is 3. The molecule has 2 saturated heterocycles. The SMILES string of the molecule is CC(c1ccccc1)N1CC(NC(=O)N2CCN(S(=O)(=O)c3ccccc3)CC2)CC1=O. The van der Waals surface area contributed by atoms with Crippen molar-refractivity contribution in [3.63, 3.8) is 0 Å². The molecule has 2 aromatic carbocycles. The predicted octanol–water partition coefficient (Wildman–Crippen LogP) is 2.06. The van der Waals surface area contributed by atoms with Crippen LogP contribution in [0.25, 0.3) is 0 Å². The van der Waals surface area contributed by atoms with Gasteiger partial charge in [-0.25, -0.2) is 13.2 Å². The molecule has 32 heavy (non-hydrogen) atoms. The van der Waals surface area contributed by atoms with Gasteiger partial charge in [-0.15, -0.1) is 0 Å². The van der Waals surface area contributed by atoms with E-state index in [9.17, 15) is 18.0 Å². The van der Waals surface area contributed by atoms with Crippen molar-refractivity contribution in [2.45, 2.75) is 30.3 Å². The lowest BCUT2D eigenvalue weighted by molar-refractivity contribution is -0.129. The number of benzene rings is 2. The largest absolute Gasteiger partial charge is 0.334 e. The number of nitrogens with one attached hydrogen (secondary N) is 1. The van der Waals surface area contributed by atoms with E-state index in [1.165, 1.54) is 4.31 Å². The van der Waals surface area contributed by atoms with E-state index in [4.69, 9.17) is 0 Å². The maximum absolute atomic E-state index is 12.8. The molecule has 1 N–H and O–H groups in total. The van der Waals surface area contributed by atoms with Crippen molar-refractivity contribution in [1.82, 2.24) is 19.4 Å². The lowest BCUT2D eigenvalue weighted by atomic mass is 10.1. The number of sulfonamides is 1. The average Bonchev–Trinajstić information content (AvgIpc) is 3.19. The second-order valence-corrected chi connectivity index (χ2v) is 10.1. The van der Waals surface area contributed by atoms with Gasteiger partial charge < -0.3 is 15.1 Å². The van der Waals surface area contributed by atoms with Crippen LogP contribution in [0.3, 0.4) is 0 Å². The van der Waals surface area contributed by atoms with E-state index >= 15 is 0 Å². The van der Waals surface area contributed by atoms with E-state index in [0.29, 0.717) is 19.6 Å². The Morgan fingerprint density at radius 2 is 1.56 bits per heavy atom. The highest BCUT2D eigenvalue weighted by Crippen LogP contribution is 2.25. The fourth-order valence-corrected chi connectivity index (χ4v) is 5.70. The molecule has 2 fully saturated rings.